The highest BCUT2D eigenvalue weighted by Gasteiger charge is 2.33. The zero-order valence-corrected chi connectivity index (χ0v) is 35.8. The van der Waals surface area contributed by atoms with Crippen molar-refractivity contribution >= 4 is 35.0 Å². The fourth-order valence-electron chi connectivity index (χ4n) is 8.49. The molecule has 0 bridgehead atoms. The number of hydrogen-bond donors (Lipinski definition) is 2. The van der Waals surface area contributed by atoms with Crippen LogP contribution in [-0.4, -0.2) is 92.6 Å². The summed E-state index contributed by atoms with van der Waals surface area (Å²) in [7, 11) is 0. The van der Waals surface area contributed by atoms with E-state index in [0.29, 0.717) is 26.2 Å². The predicted octanol–water partition coefficient (Wildman–Crippen LogP) is 8.14. The number of H-pyrrole nitrogens is 2. The molecule has 2 aliphatic rings. The van der Waals surface area contributed by atoms with Gasteiger partial charge in [-0.2, -0.15) is 0 Å². The number of benzene rings is 4. The average molecular weight is 831 g/mol. The Morgan fingerprint density at radius 2 is 0.871 bits per heavy atom. The number of carbonyl (C=O) groups is 4. The Morgan fingerprint density at radius 1 is 0.516 bits per heavy atom. The van der Waals surface area contributed by atoms with Gasteiger partial charge in [-0.15, -0.1) is 0 Å². The van der Waals surface area contributed by atoms with Crippen molar-refractivity contribution in [1.29, 1.82) is 0 Å². The Morgan fingerprint density at radius 3 is 1.21 bits per heavy atom. The third-order valence-corrected chi connectivity index (χ3v) is 12.3. The molecule has 0 unspecified atom stereocenters. The number of amides is 4. The number of imidazole rings is 2. The molecule has 2 atom stereocenters. The highest BCUT2D eigenvalue weighted by Crippen LogP contribution is 2.33. The van der Waals surface area contributed by atoms with Gasteiger partial charge in [0.25, 0.3) is 0 Å². The predicted molar refractivity (Wildman–Crippen MR) is 242 cm³/mol. The van der Waals surface area contributed by atoms with Crippen LogP contribution in [0.15, 0.2) is 122 Å². The van der Waals surface area contributed by atoms with Gasteiger partial charge in [-0.3, -0.25) is 19.2 Å². The first kappa shape index (κ1) is 41.9. The van der Waals surface area contributed by atoms with Crippen molar-refractivity contribution in [2.75, 3.05) is 49.1 Å². The lowest BCUT2D eigenvalue weighted by atomic mass is 9.91. The molecule has 2 N–H and O–H groups in total. The summed E-state index contributed by atoms with van der Waals surface area (Å²) in [6.45, 7) is 10.5. The van der Waals surface area contributed by atoms with Crippen molar-refractivity contribution in [3.8, 4) is 33.6 Å². The first-order valence-electron chi connectivity index (χ1n) is 21.6. The average Bonchev–Trinajstić information content (AvgIpc) is 3.99. The summed E-state index contributed by atoms with van der Waals surface area (Å²) in [4.78, 5) is 76.2. The second kappa shape index (κ2) is 18.4. The molecule has 12 nitrogen and oxygen atoms in total. The van der Waals surface area contributed by atoms with E-state index in [1.165, 1.54) is 0 Å². The molecule has 0 radical (unpaired) electrons. The fraction of sp³-hybridized carbons (Fsp3) is 0.320. The smallest absolute Gasteiger partial charge is 0.246 e. The van der Waals surface area contributed by atoms with E-state index in [0.717, 1.165) is 56.7 Å². The van der Waals surface area contributed by atoms with E-state index in [9.17, 15) is 19.2 Å². The van der Waals surface area contributed by atoms with Crippen LogP contribution in [0.4, 0.5) is 11.4 Å². The second-order valence-corrected chi connectivity index (χ2v) is 17.0. The number of carbonyl (C=O) groups excluding carboxylic acids is 4. The minimum Gasteiger partial charge on any atom is -0.342 e. The highest BCUT2D eigenvalue weighted by molar-refractivity contribution is 5.99. The van der Waals surface area contributed by atoms with Gasteiger partial charge in [-0.05, 0) is 58.4 Å². The number of para-hydroxylation sites is 2. The third kappa shape index (κ3) is 9.24. The normalized spacial score (nSPS) is 15.7. The number of nitrogens with one attached hydrogen (secondary N) is 2. The van der Waals surface area contributed by atoms with Crippen molar-refractivity contribution in [2.45, 2.75) is 52.4 Å². The molecule has 8 rings (SSSR count). The van der Waals surface area contributed by atoms with E-state index in [1.54, 1.807) is 19.6 Å². The summed E-state index contributed by atoms with van der Waals surface area (Å²) in [6, 6.07) is 35.8. The molecule has 4 heterocycles. The van der Waals surface area contributed by atoms with Gasteiger partial charge >= 0.3 is 0 Å². The lowest BCUT2D eigenvalue weighted by molar-refractivity contribution is -0.137. The Kier molecular flexibility index (Phi) is 12.5. The van der Waals surface area contributed by atoms with Crippen molar-refractivity contribution in [3.05, 3.63) is 133 Å². The molecule has 62 heavy (non-hydrogen) atoms. The van der Waals surface area contributed by atoms with Crippen LogP contribution in [0.5, 0.6) is 0 Å². The van der Waals surface area contributed by atoms with E-state index in [1.807, 2.05) is 73.1 Å². The van der Waals surface area contributed by atoms with Crippen molar-refractivity contribution < 1.29 is 19.2 Å². The van der Waals surface area contributed by atoms with Crippen molar-refractivity contribution in [1.82, 2.24) is 29.7 Å². The maximum atomic E-state index is 13.5. The monoisotopic (exact) mass is 830 g/mol. The van der Waals surface area contributed by atoms with Crippen LogP contribution >= 0.6 is 0 Å². The van der Waals surface area contributed by atoms with Gasteiger partial charge in [0, 0.05) is 62.2 Å². The molecule has 4 aromatic carbocycles. The van der Waals surface area contributed by atoms with Crippen LogP contribution in [0.3, 0.4) is 0 Å². The van der Waals surface area contributed by atoms with Gasteiger partial charge in [0.15, 0.2) is 0 Å². The first-order valence-corrected chi connectivity index (χ1v) is 21.6. The summed E-state index contributed by atoms with van der Waals surface area (Å²) in [5.41, 5.74) is 7.58. The number of aromatic nitrogens is 4. The van der Waals surface area contributed by atoms with E-state index >= 15 is 0 Å². The largest absolute Gasteiger partial charge is 0.342 e. The first-order chi connectivity index (χ1) is 30.0. The quantitative estimate of drug-likeness (QED) is 0.121. The van der Waals surface area contributed by atoms with Crippen LogP contribution in [0.1, 0.15) is 64.0 Å². The maximum absolute atomic E-state index is 13.5. The Balaban J connectivity index is 0.868. The van der Waals surface area contributed by atoms with E-state index in [4.69, 9.17) is 9.97 Å². The zero-order valence-electron chi connectivity index (χ0n) is 35.8. The Labute approximate surface area is 363 Å². The molecule has 2 aliphatic heterocycles. The molecule has 2 saturated heterocycles. The minimum absolute atomic E-state index is 0.0401. The number of hydrogen-bond acceptors (Lipinski definition) is 6. The second-order valence-electron chi connectivity index (χ2n) is 17.0. The molecule has 318 valence electrons. The Bertz CT molecular complexity index is 2320. The molecule has 2 fully saturated rings. The molecular weight excluding hydrogens is 777 g/mol. The third-order valence-electron chi connectivity index (χ3n) is 12.3. The molecule has 0 spiro atoms. The summed E-state index contributed by atoms with van der Waals surface area (Å²) in [5, 5.41) is 0. The molecule has 2 aromatic heterocycles. The molecule has 0 saturated carbocycles. The fourth-order valence-corrected chi connectivity index (χ4v) is 8.49. The molecule has 6 aromatic rings. The van der Waals surface area contributed by atoms with E-state index < -0.39 is 0 Å². The van der Waals surface area contributed by atoms with E-state index in [-0.39, 0.29) is 73.2 Å². The van der Waals surface area contributed by atoms with Crippen LogP contribution in [0, 0.1) is 11.8 Å². The van der Waals surface area contributed by atoms with Crippen LogP contribution in [0.25, 0.3) is 33.6 Å². The molecule has 0 aliphatic carbocycles. The summed E-state index contributed by atoms with van der Waals surface area (Å²) < 4.78 is 0. The zero-order chi connectivity index (χ0) is 43.3. The van der Waals surface area contributed by atoms with Gasteiger partial charge in [0.2, 0.25) is 23.6 Å². The summed E-state index contributed by atoms with van der Waals surface area (Å²) >= 11 is 0. The molecular formula is C50H54N8O4. The van der Waals surface area contributed by atoms with Gasteiger partial charge in [-0.25, -0.2) is 9.97 Å². The molecule has 12 heteroatoms. The van der Waals surface area contributed by atoms with Gasteiger partial charge < -0.3 is 29.6 Å². The molecule has 4 amide bonds. The van der Waals surface area contributed by atoms with Crippen LogP contribution < -0.4 is 9.80 Å². The highest BCUT2D eigenvalue weighted by atomic mass is 16.2. The van der Waals surface area contributed by atoms with Crippen molar-refractivity contribution in [2.24, 2.45) is 11.8 Å². The van der Waals surface area contributed by atoms with Crippen LogP contribution in [-0.2, 0) is 19.2 Å². The van der Waals surface area contributed by atoms with Gasteiger partial charge in [0.1, 0.15) is 24.7 Å². The van der Waals surface area contributed by atoms with Gasteiger partial charge in [0.05, 0.1) is 23.8 Å². The lowest BCUT2D eigenvalue weighted by Crippen LogP contribution is -2.52. The number of aromatic amines is 2. The van der Waals surface area contributed by atoms with E-state index in [2.05, 4.69) is 86.2 Å². The topological polar surface area (TPSA) is 139 Å². The maximum Gasteiger partial charge on any atom is 0.246 e. The standard InChI is InChI=1S/C50H54N8O4/c1-33(2)41(27-45(59)55-23-25-57(47(61)31-55)39-11-7-5-8-12-39)49-51-29-43(53-49)37-19-15-35(16-20-37)36-17-21-38(22-18-36)44-30-52-50(54-44)42(34(3)4)28-46(60)56-24-26-58(48(62)32-56)40-13-9-6-10-14-40/h5-22,29-30,33-34,41-42H,23-28,31-32H2,1-4H3,(H,51,53)(H,52,54)/t41-,42-/m0/s1. The SMILES string of the molecule is CC(C)[C@H](CC(=O)N1CCN(c2ccccc2)C(=O)C1)c1ncc(-c2ccc(-c3ccc(-c4cnc([C@@H](CC(=O)N5CCN(c6ccccc6)C(=O)C5)C(C)C)[nH]4)cc3)cc2)[nH]1. The van der Waals surface area contributed by atoms with Crippen LogP contribution in [0.2, 0.25) is 0 Å². The number of rotatable bonds is 13. The van der Waals surface area contributed by atoms with Gasteiger partial charge in [-0.1, -0.05) is 113 Å². The van der Waals surface area contributed by atoms with Crippen molar-refractivity contribution in [3.63, 3.8) is 0 Å². The Hall–Kier alpha value is -6.82. The summed E-state index contributed by atoms with van der Waals surface area (Å²) in [6.07, 6.45) is 4.20. The summed E-state index contributed by atoms with van der Waals surface area (Å²) in [5.74, 6) is 1.36. The minimum atomic E-state index is -0.125. The lowest BCUT2D eigenvalue weighted by Gasteiger charge is -2.35. The number of anilines is 2. The number of nitrogens with zero attached hydrogens (tertiary/aromatic N) is 6. The number of piperazine rings is 2.